The first-order valence-corrected chi connectivity index (χ1v) is 6.51. The third kappa shape index (κ3) is 3.25. The summed E-state index contributed by atoms with van der Waals surface area (Å²) >= 11 is 0. The first kappa shape index (κ1) is 13.4. The van der Waals surface area contributed by atoms with E-state index in [0.29, 0.717) is 0 Å². The van der Waals surface area contributed by atoms with Crippen molar-refractivity contribution in [3.63, 3.8) is 0 Å². The van der Waals surface area contributed by atoms with Gasteiger partial charge in [0, 0.05) is 32.5 Å². The molecule has 1 aromatic carbocycles. The summed E-state index contributed by atoms with van der Waals surface area (Å²) in [6, 6.07) is 10.7. The molecule has 0 saturated heterocycles. The van der Waals surface area contributed by atoms with Gasteiger partial charge in [0.15, 0.2) is 0 Å². The average Bonchev–Trinajstić information content (AvgIpc) is 2.39. The lowest BCUT2D eigenvalue weighted by Crippen LogP contribution is -2.17. The predicted octanol–water partition coefficient (Wildman–Crippen LogP) is 3.38. The largest absolute Gasteiger partial charge is 0.373 e. The number of hydrogen-bond donors (Lipinski definition) is 1. The lowest BCUT2D eigenvalue weighted by molar-refractivity contribution is 0.909. The molecule has 3 heteroatoms. The van der Waals surface area contributed by atoms with E-state index in [2.05, 4.69) is 60.4 Å². The molecular formula is C16H21N3. The van der Waals surface area contributed by atoms with E-state index in [1.165, 1.54) is 22.4 Å². The highest BCUT2D eigenvalue weighted by molar-refractivity contribution is 5.54. The zero-order chi connectivity index (χ0) is 13.8. The number of benzene rings is 1. The van der Waals surface area contributed by atoms with Gasteiger partial charge in [0.2, 0.25) is 0 Å². The van der Waals surface area contributed by atoms with E-state index in [1.807, 2.05) is 19.3 Å². The summed E-state index contributed by atoms with van der Waals surface area (Å²) in [6.07, 6.45) is 1.92. The van der Waals surface area contributed by atoms with Crippen LogP contribution in [0.1, 0.15) is 16.7 Å². The standard InChI is InChI=1S/C16H21N3/c1-12-5-7-15(13(2)9-12)19(4)11-14-6-8-16(17-3)18-10-14/h5-10H,11H2,1-4H3,(H,17,18). The third-order valence-corrected chi connectivity index (χ3v) is 3.26. The fourth-order valence-corrected chi connectivity index (χ4v) is 2.26. The maximum absolute atomic E-state index is 4.34. The number of pyridine rings is 1. The molecular weight excluding hydrogens is 234 g/mol. The number of hydrogen-bond acceptors (Lipinski definition) is 3. The van der Waals surface area contributed by atoms with Crippen LogP contribution in [-0.4, -0.2) is 19.1 Å². The molecule has 100 valence electrons. The Hall–Kier alpha value is -2.03. The van der Waals surface area contributed by atoms with Crippen LogP contribution in [0.2, 0.25) is 0 Å². The van der Waals surface area contributed by atoms with Gasteiger partial charge in [-0.15, -0.1) is 0 Å². The van der Waals surface area contributed by atoms with Gasteiger partial charge in [-0.25, -0.2) is 4.98 Å². The van der Waals surface area contributed by atoms with Crippen LogP contribution in [-0.2, 0) is 6.54 Å². The maximum atomic E-state index is 4.34. The van der Waals surface area contributed by atoms with E-state index in [1.54, 1.807) is 0 Å². The van der Waals surface area contributed by atoms with Crippen LogP contribution < -0.4 is 10.2 Å². The van der Waals surface area contributed by atoms with Gasteiger partial charge in [-0.3, -0.25) is 0 Å². The highest BCUT2D eigenvalue weighted by Crippen LogP contribution is 2.21. The van der Waals surface area contributed by atoms with Crippen LogP contribution in [0.15, 0.2) is 36.5 Å². The minimum absolute atomic E-state index is 0.862. The van der Waals surface area contributed by atoms with Crippen molar-refractivity contribution in [3.8, 4) is 0 Å². The van der Waals surface area contributed by atoms with Gasteiger partial charge in [0.05, 0.1) is 0 Å². The van der Waals surface area contributed by atoms with Gasteiger partial charge >= 0.3 is 0 Å². The van der Waals surface area contributed by atoms with Crippen LogP contribution in [0.25, 0.3) is 0 Å². The molecule has 0 atom stereocenters. The van der Waals surface area contributed by atoms with E-state index in [-0.39, 0.29) is 0 Å². The first-order valence-electron chi connectivity index (χ1n) is 6.51. The Morgan fingerprint density at radius 1 is 1.16 bits per heavy atom. The van der Waals surface area contributed by atoms with E-state index in [0.717, 1.165) is 12.4 Å². The highest BCUT2D eigenvalue weighted by Gasteiger charge is 2.05. The Morgan fingerprint density at radius 3 is 2.53 bits per heavy atom. The van der Waals surface area contributed by atoms with Gasteiger partial charge < -0.3 is 10.2 Å². The number of aromatic nitrogens is 1. The molecule has 1 N–H and O–H groups in total. The topological polar surface area (TPSA) is 28.2 Å². The van der Waals surface area contributed by atoms with Crippen LogP contribution in [0.3, 0.4) is 0 Å². The summed E-state index contributed by atoms with van der Waals surface area (Å²) in [7, 11) is 3.99. The lowest BCUT2D eigenvalue weighted by atomic mass is 10.1. The van der Waals surface area contributed by atoms with Crippen LogP contribution >= 0.6 is 0 Å². The normalized spacial score (nSPS) is 10.3. The number of nitrogens with zero attached hydrogens (tertiary/aromatic N) is 2. The van der Waals surface area contributed by atoms with Gasteiger partial charge in [0.1, 0.15) is 5.82 Å². The maximum Gasteiger partial charge on any atom is 0.125 e. The minimum Gasteiger partial charge on any atom is -0.373 e. The van der Waals surface area contributed by atoms with Gasteiger partial charge in [-0.05, 0) is 37.1 Å². The lowest BCUT2D eigenvalue weighted by Gasteiger charge is -2.21. The second-order valence-corrected chi connectivity index (χ2v) is 4.95. The third-order valence-electron chi connectivity index (χ3n) is 3.26. The van der Waals surface area contributed by atoms with Crippen molar-refractivity contribution in [1.82, 2.24) is 4.98 Å². The zero-order valence-corrected chi connectivity index (χ0v) is 12.1. The summed E-state index contributed by atoms with van der Waals surface area (Å²) in [6.45, 7) is 5.14. The van der Waals surface area contributed by atoms with E-state index in [9.17, 15) is 0 Å². The monoisotopic (exact) mass is 255 g/mol. The molecule has 0 aliphatic carbocycles. The van der Waals surface area contributed by atoms with Gasteiger partial charge in [-0.1, -0.05) is 23.8 Å². The molecule has 0 aliphatic heterocycles. The molecule has 0 saturated carbocycles. The van der Waals surface area contributed by atoms with Crippen LogP contribution in [0, 0.1) is 13.8 Å². The number of anilines is 2. The molecule has 0 fully saturated rings. The van der Waals surface area contributed by atoms with Crippen LogP contribution in [0.5, 0.6) is 0 Å². The fraction of sp³-hybridized carbons (Fsp3) is 0.312. The fourth-order valence-electron chi connectivity index (χ4n) is 2.26. The Kier molecular flexibility index (Phi) is 4.05. The number of rotatable bonds is 4. The molecule has 2 rings (SSSR count). The van der Waals surface area contributed by atoms with Crippen molar-refractivity contribution in [1.29, 1.82) is 0 Å². The highest BCUT2D eigenvalue weighted by atomic mass is 15.1. The van der Waals surface area contributed by atoms with Gasteiger partial charge in [0.25, 0.3) is 0 Å². The van der Waals surface area contributed by atoms with E-state index >= 15 is 0 Å². The van der Waals surface area contributed by atoms with Gasteiger partial charge in [-0.2, -0.15) is 0 Å². The Morgan fingerprint density at radius 2 is 1.95 bits per heavy atom. The van der Waals surface area contributed by atoms with Crippen molar-refractivity contribution in [2.24, 2.45) is 0 Å². The average molecular weight is 255 g/mol. The molecule has 1 heterocycles. The molecule has 0 radical (unpaired) electrons. The molecule has 1 aromatic heterocycles. The quantitative estimate of drug-likeness (QED) is 0.907. The summed E-state index contributed by atoms with van der Waals surface area (Å²) in [5.41, 5.74) is 5.08. The zero-order valence-electron chi connectivity index (χ0n) is 12.1. The molecule has 2 aromatic rings. The molecule has 0 spiro atoms. The molecule has 0 amide bonds. The van der Waals surface area contributed by atoms with E-state index < -0.39 is 0 Å². The molecule has 0 aliphatic rings. The SMILES string of the molecule is CNc1ccc(CN(C)c2ccc(C)cc2C)cn1. The van der Waals surface area contributed by atoms with Crippen molar-refractivity contribution in [2.45, 2.75) is 20.4 Å². The Balaban J connectivity index is 2.13. The molecule has 19 heavy (non-hydrogen) atoms. The van der Waals surface area contributed by atoms with Crippen LogP contribution in [0.4, 0.5) is 11.5 Å². The van der Waals surface area contributed by atoms with Crippen molar-refractivity contribution < 1.29 is 0 Å². The molecule has 3 nitrogen and oxygen atoms in total. The number of aryl methyl sites for hydroxylation is 2. The summed E-state index contributed by atoms with van der Waals surface area (Å²) in [5, 5.41) is 3.03. The van der Waals surface area contributed by atoms with Crippen molar-refractivity contribution >= 4 is 11.5 Å². The summed E-state index contributed by atoms with van der Waals surface area (Å²) in [4.78, 5) is 6.60. The Labute approximate surface area is 115 Å². The second kappa shape index (κ2) is 5.74. The molecule has 0 bridgehead atoms. The first-order chi connectivity index (χ1) is 9.10. The van der Waals surface area contributed by atoms with Crippen molar-refractivity contribution in [3.05, 3.63) is 53.2 Å². The number of nitrogens with one attached hydrogen (secondary N) is 1. The predicted molar refractivity (Wildman–Crippen MR) is 81.8 cm³/mol. The Bertz CT molecular complexity index is 546. The second-order valence-electron chi connectivity index (χ2n) is 4.95. The van der Waals surface area contributed by atoms with E-state index in [4.69, 9.17) is 0 Å². The summed E-state index contributed by atoms with van der Waals surface area (Å²) in [5.74, 6) is 0.901. The van der Waals surface area contributed by atoms with Crippen molar-refractivity contribution in [2.75, 3.05) is 24.3 Å². The minimum atomic E-state index is 0.862. The summed E-state index contributed by atoms with van der Waals surface area (Å²) < 4.78 is 0. The smallest absolute Gasteiger partial charge is 0.125 e. The molecule has 0 unspecified atom stereocenters.